The summed E-state index contributed by atoms with van der Waals surface area (Å²) < 4.78 is 10.5. The molecular weight excluding hydrogens is 240 g/mol. The van der Waals surface area contributed by atoms with E-state index in [1.54, 1.807) is 12.1 Å². The molecule has 0 aliphatic carbocycles. The molecule has 19 heavy (non-hydrogen) atoms. The van der Waals surface area contributed by atoms with E-state index in [2.05, 4.69) is 0 Å². The van der Waals surface area contributed by atoms with Gasteiger partial charge in [0.25, 0.3) is 0 Å². The van der Waals surface area contributed by atoms with Gasteiger partial charge in [-0.15, -0.1) is 0 Å². The van der Waals surface area contributed by atoms with E-state index >= 15 is 0 Å². The summed E-state index contributed by atoms with van der Waals surface area (Å²) in [4.78, 5) is 11.7. The minimum atomic E-state index is -0.168. The molecular formula is C16H12O3. The van der Waals surface area contributed by atoms with Gasteiger partial charge in [0.15, 0.2) is 12.4 Å². The van der Waals surface area contributed by atoms with Crippen molar-refractivity contribution in [3.63, 3.8) is 0 Å². The third-order valence-corrected chi connectivity index (χ3v) is 2.89. The van der Waals surface area contributed by atoms with Crippen LogP contribution in [0.1, 0.15) is 10.6 Å². The maximum Gasteiger partial charge on any atom is 0.235 e. The Kier molecular flexibility index (Phi) is 3.02. The first-order chi connectivity index (χ1) is 9.33. The monoisotopic (exact) mass is 252 g/mol. The quantitative estimate of drug-likeness (QED) is 0.665. The first-order valence-corrected chi connectivity index (χ1v) is 6.01. The van der Waals surface area contributed by atoms with Crippen LogP contribution in [0.25, 0.3) is 10.8 Å². The summed E-state index contributed by atoms with van der Waals surface area (Å²) in [6.07, 6.45) is 1.48. The second-order valence-electron chi connectivity index (χ2n) is 4.20. The average molecular weight is 252 g/mol. The highest BCUT2D eigenvalue weighted by Gasteiger charge is 2.09. The molecule has 0 unspecified atom stereocenters. The molecule has 3 rings (SSSR count). The van der Waals surface area contributed by atoms with Crippen LogP contribution in [0.2, 0.25) is 0 Å². The van der Waals surface area contributed by atoms with Crippen molar-refractivity contribution < 1.29 is 13.9 Å². The van der Waals surface area contributed by atoms with Gasteiger partial charge < -0.3 is 9.15 Å². The second kappa shape index (κ2) is 4.98. The van der Waals surface area contributed by atoms with Crippen LogP contribution in [0, 0.1) is 0 Å². The zero-order valence-corrected chi connectivity index (χ0v) is 10.2. The third kappa shape index (κ3) is 2.50. The molecule has 0 aliphatic heterocycles. The van der Waals surface area contributed by atoms with Crippen LogP contribution >= 0.6 is 0 Å². The molecule has 0 spiro atoms. The van der Waals surface area contributed by atoms with E-state index in [1.807, 2.05) is 42.5 Å². The molecule has 0 bridgehead atoms. The Bertz CT molecular complexity index is 699. The van der Waals surface area contributed by atoms with Gasteiger partial charge in [-0.1, -0.05) is 30.3 Å². The molecule has 0 saturated carbocycles. The number of rotatable bonds is 4. The number of furan rings is 1. The van der Waals surface area contributed by atoms with Crippen LogP contribution < -0.4 is 4.74 Å². The lowest BCUT2D eigenvalue weighted by Gasteiger charge is -2.05. The van der Waals surface area contributed by atoms with Crippen molar-refractivity contribution in [2.75, 3.05) is 6.61 Å². The number of hydrogen-bond donors (Lipinski definition) is 0. The van der Waals surface area contributed by atoms with E-state index in [0.29, 0.717) is 11.5 Å². The van der Waals surface area contributed by atoms with E-state index in [4.69, 9.17) is 9.15 Å². The van der Waals surface area contributed by atoms with Crippen LogP contribution in [0.15, 0.2) is 65.3 Å². The fourth-order valence-electron chi connectivity index (χ4n) is 1.91. The maximum absolute atomic E-state index is 11.7. The summed E-state index contributed by atoms with van der Waals surface area (Å²) in [6, 6.07) is 17.1. The van der Waals surface area contributed by atoms with Gasteiger partial charge >= 0.3 is 0 Å². The normalized spacial score (nSPS) is 10.5. The van der Waals surface area contributed by atoms with Crippen LogP contribution in [-0.2, 0) is 0 Å². The maximum atomic E-state index is 11.7. The molecule has 0 saturated heterocycles. The third-order valence-electron chi connectivity index (χ3n) is 2.89. The first kappa shape index (κ1) is 11.5. The van der Waals surface area contributed by atoms with Crippen molar-refractivity contribution in [1.29, 1.82) is 0 Å². The molecule has 0 amide bonds. The lowest BCUT2D eigenvalue weighted by atomic mass is 10.1. The van der Waals surface area contributed by atoms with Crippen molar-refractivity contribution in [3.05, 3.63) is 66.6 Å². The van der Waals surface area contributed by atoms with E-state index in [0.717, 1.165) is 10.8 Å². The summed E-state index contributed by atoms with van der Waals surface area (Å²) in [5.41, 5.74) is 0. The summed E-state index contributed by atoms with van der Waals surface area (Å²) in [7, 11) is 0. The van der Waals surface area contributed by atoms with Gasteiger partial charge in [0.1, 0.15) is 5.75 Å². The Hall–Kier alpha value is -2.55. The zero-order chi connectivity index (χ0) is 13.1. The largest absolute Gasteiger partial charge is 0.485 e. The lowest BCUT2D eigenvalue weighted by molar-refractivity contribution is 0.0894. The molecule has 1 aromatic heterocycles. The predicted molar refractivity (Wildman–Crippen MR) is 72.5 cm³/mol. The molecule has 3 heteroatoms. The van der Waals surface area contributed by atoms with Gasteiger partial charge in [0.2, 0.25) is 5.78 Å². The smallest absolute Gasteiger partial charge is 0.235 e. The zero-order valence-electron chi connectivity index (χ0n) is 10.2. The molecule has 0 radical (unpaired) electrons. The summed E-state index contributed by atoms with van der Waals surface area (Å²) in [5, 5.41) is 2.23. The van der Waals surface area contributed by atoms with E-state index in [9.17, 15) is 4.79 Å². The Labute approximate surface area is 110 Å². The van der Waals surface area contributed by atoms with Crippen LogP contribution in [0.4, 0.5) is 0 Å². The van der Waals surface area contributed by atoms with Gasteiger partial charge in [-0.05, 0) is 35.0 Å². The molecule has 3 aromatic rings. The number of carbonyl (C=O) groups excluding carboxylic acids is 1. The first-order valence-electron chi connectivity index (χ1n) is 6.01. The van der Waals surface area contributed by atoms with Gasteiger partial charge in [-0.3, -0.25) is 4.79 Å². The van der Waals surface area contributed by atoms with Gasteiger partial charge in [0, 0.05) is 0 Å². The molecule has 0 N–H and O–H groups in total. The molecule has 3 nitrogen and oxygen atoms in total. The SMILES string of the molecule is O=C(COc1ccc2ccccc2c1)c1ccco1. The lowest BCUT2D eigenvalue weighted by Crippen LogP contribution is -2.10. The Morgan fingerprint density at radius 2 is 1.84 bits per heavy atom. The number of carbonyl (C=O) groups is 1. The number of fused-ring (bicyclic) bond motifs is 1. The number of hydrogen-bond acceptors (Lipinski definition) is 3. The molecule has 0 atom stereocenters. The summed E-state index contributed by atoms with van der Waals surface area (Å²) in [5.74, 6) is 0.831. The van der Waals surface area contributed by atoms with Crippen LogP contribution in [0.5, 0.6) is 5.75 Å². The molecule has 1 heterocycles. The highest BCUT2D eigenvalue weighted by atomic mass is 16.5. The Balaban J connectivity index is 1.73. The van der Waals surface area contributed by atoms with Crippen molar-refractivity contribution in [2.24, 2.45) is 0 Å². The number of Topliss-reactive ketones (excluding diaryl/α,β-unsaturated/α-hetero) is 1. The van der Waals surface area contributed by atoms with Crippen molar-refractivity contribution in [3.8, 4) is 5.75 Å². The van der Waals surface area contributed by atoms with Crippen molar-refractivity contribution in [1.82, 2.24) is 0 Å². The minimum Gasteiger partial charge on any atom is -0.485 e. The molecule has 0 fully saturated rings. The second-order valence-corrected chi connectivity index (χ2v) is 4.20. The van der Waals surface area contributed by atoms with Crippen LogP contribution in [-0.4, -0.2) is 12.4 Å². The van der Waals surface area contributed by atoms with E-state index in [-0.39, 0.29) is 12.4 Å². The van der Waals surface area contributed by atoms with E-state index < -0.39 is 0 Å². The highest BCUT2D eigenvalue weighted by molar-refractivity contribution is 5.94. The van der Waals surface area contributed by atoms with Crippen LogP contribution in [0.3, 0.4) is 0 Å². The topological polar surface area (TPSA) is 39.4 Å². The fourth-order valence-corrected chi connectivity index (χ4v) is 1.91. The Morgan fingerprint density at radius 3 is 2.63 bits per heavy atom. The van der Waals surface area contributed by atoms with Crippen molar-refractivity contribution in [2.45, 2.75) is 0 Å². The Morgan fingerprint density at radius 1 is 1.00 bits per heavy atom. The summed E-state index contributed by atoms with van der Waals surface area (Å²) >= 11 is 0. The molecule has 94 valence electrons. The molecule has 0 aliphatic rings. The van der Waals surface area contributed by atoms with Gasteiger partial charge in [-0.25, -0.2) is 0 Å². The predicted octanol–water partition coefficient (Wildman–Crippen LogP) is 3.69. The number of ether oxygens (including phenoxy) is 1. The minimum absolute atomic E-state index is 0.0220. The van der Waals surface area contributed by atoms with Crippen molar-refractivity contribution >= 4 is 16.6 Å². The number of benzene rings is 2. The van der Waals surface area contributed by atoms with Gasteiger partial charge in [-0.2, -0.15) is 0 Å². The number of ketones is 1. The fraction of sp³-hybridized carbons (Fsp3) is 0.0625. The molecule has 2 aromatic carbocycles. The van der Waals surface area contributed by atoms with E-state index in [1.165, 1.54) is 6.26 Å². The standard InChI is InChI=1S/C16H12O3/c17-15(16-6-3-9-18-16)11-19-14-8-7-12-4-1-2-5-13(12)10-14/h1-10H,11H2. The summed E-state index contributed by atoms with van der Waals surface area (Å²) in [6.45, 7) is -0.0220. The average Bonchev–Trinajstić information content (AvgIpc) is 2.99. The van der Waals surface area contributed by atoms with Gasteiger partial charge in [0.05, 0.1) is 6.26 Å². The highest BCUT2D eigenvalue weighted by Crippen LogP contribution is 2.20.